The Morgan fingerprint density at radius 1 is 1.44 bits per heavy atom. The molecule has 0 heterocycles. The standard InChI is InChI=1S/C14H20O2/c1-10-4-3-7-14(2)12(10)6-5-11(8-15)13(14)9-16/h5,8-10,12-13H,3-4,6-7H2,1-2H3/t10-,12?,13-,14-/m0/s1. The Bertz CT molecular complexity index is 332. The van der Waals surface area contributed by atoms with E-state index in [1.54, 1.807) is 0 Å². The number of hydrogen-bond acceptors (Lipinski definition) is 2. The minimum atomic E-state index is -0.175. The molecule has 16 heavy (non-hydrogen) atoms. The molecule has 0 aromatic heterocycles. The van der Waals surface area contributed by atoms with Gasteiger partial charge in [-0.05, 0) is 35.7 Å². The molecule has 88 valence electrons. The number of fused-ring (bicyclic) bond motifs is 1. The van der Waals surface area contributed by atoms with Gasteiger partial charge in [-0.15, -0.1) is 0 Å². The van der Waals surface area contributed by atoms with Crippen molar-refractivity contribution in [2.75, 3.05) is 0 Å². The first kappa shape index (κ1) is 11.6. The first-order valence-electron chi connectivity index (χ1n) is 6.24. The summed E-state index contributed by atoms with van der Waals surface area (Å²) < 4.78 is 0. The van der Waals surface area contributed by atoms with E-state index in [-0.39, 0.29) is 11.3 Å². The lowest BCUT2D eigenvalue weighted by Crippen LogP contribution is -2.45. The van der Waals surface area contributed by atoms with E-state index in [1.165, 1.54) is 12.8 Å². The van der Waals surface area contributed by atoms with Crippen LogP contribution < -0.4 is 0 Å². The van der Waals surface area contributed by atoms with Gasteiger partial charge in [0.15, 0.2) is 0 Å². The van der Waals surface area contributed by atoms with E-state index in [0.29, 0.717) is 17.4 Å². The van der Waals surface area contributed by atoms with Gasteiger partial charge >= 0.3 is 0 Å². The maximum atomic E-state index is 11.3. The molecule has 0 aromatic carbocycles. The van der Waals surface area contributed by atoms with E-state index in [1.807, 2.05) is 6.08 Å². The fourth-order valence-electron chi connectivity index (χ4n) is 3.86. The number of rotatable bonds is 2. The third kappa shape index (κ3) is 1.55. The van der Waals surface area contributed by atoms with Gasteiger partial charge in [0.05, 0.1) is 0 Å². The number of carbonyl (C=O) groups is 2. The Balaban J connectivity index is 2.39. The Morgan fingerprint density at radius 3 is 2.81 bits per heavy atom. The summed E-state index contributed by atoms with van der Waals surface area (Å²) in [6.45, 7) is 4.48. The topological polar surface area (TPSA) is 34.1 Å². The molecule has 1 unspecified atom stereocenters. The number of carbonyl (C=O) groups excluding carboxylic acids is 2. The SMILES string of the molecule is C[C@H]1CCC[C@@]2(C)C1CC=C(C=O)[C@@H]2C=O. The zero-order chi connectivity index (χ0) is 11.8. The van der Waals surface area contributed by atoms with E-state index < -0.39 is 0 Å². The van der Waals surface area contributed by atoms with E-state index in [9.17, 15) is 9.59 Å². The normalized spacial score (nSPS) is 43.1. The molecule has 1 saturated carbocycles. The average molecular weight is 220 g/mol. The third-order valence-corrected chi connectivity index (χ3v) is 4.86. The Labute approximate surface area is 97.1 Å². The molecule has 2 rings (SSSR count). The van der Waals surface area contributed by atoms with Crippen LogP contribution in [0.5, 0.6) is 0 Å². The van der Waals surface area contributed by atoms with E-state index in [0.717, 1.165) is 25.4 Å². The highest BCUT2D eigenvalue weighted by Crippen LogP contribution is 2.54. The van der Waals surface area contributed by atoms with Gasteiger partial charge in [-0.1, -0.05) is 32.8 Å². The van der Waals surface area contributed by atoms with E-state index in [2.05, 4.69) is 13.8 Å². The molecule has 0 spiro atoms. The molecule has 2 nitrogen and oxygen atoms in total. The van der Waals surface area contributed by atoms with Crippen molar-refractivity contribution in [2.24, 2.45) is 23.2 Å². The Hall–Kier alpha value is -0.920. The summed E-state index contributed by atoms with van der Waals surface area (Å²) in [7, 11) is 0. The second-order valence-electron chi connectivity index (χ2n) is 5.65. The monoisotopic (exact) mass is 220 g/mol. The molecule has 2 heteroatoms. The quantitative estimate of drug-likeness (QED) is 0.671. The van der Waals surface area contributed by atoms with Crippen molar-refractivity contribution < 1.29 is 9.59 Å². The lowest BCUT2D eigenvalue weighted by atomic mass is 9.53. The number of hydrogen-bond donors (Lipinski definition) is 0. The summed E-state index contributed by atoms with van der Waals surface area (Å²) in [5, 5.41) is 0. The molecule has 4 atom stereocenters. The third-order valence-electron chi connectivity index (χ3n) is 4.86. The van der Waals surface area contributed by atoms with Crippen LogP contribution in [0.2, 0.25) is 0 Å². The summed E-state index contributed by atoms with van der Waals surface area (Å²) >= 11 is 0. The van der Waals surface area contributed by atoms with Crippen LogP contribution in [-0.4, -0.2) is 12.6 Å². The van der Waals surface area contributed by atoms with Crippen molar-refractivity contribution in [3.8, 4) is 0 Å². The molecule has 2 aliphatic carbocycles. The van der Waals surface area contributed by atoms with Crippen LogP contribution in [0.1, 0.15) is 39.5 Å². The molecule has 0 N–H and O–H groups in total. The van der Waals surface area contributed by atoms with E-state index >= 15 is 0 Å². The molecular formula is C14H20O2. The zero-order valence-electron chi connectivity index (χ0n) is 10.1. The highest BCUT2D eigenvalue weighted by molar-refractivity contribution is 5.82. The Morgan fingerprint density at radius 2 is 2.19 bits per heavy atom. The fourth-order valence-corrected chi connectivity index (χ4v) is 3.86. The van der Waals surface area contributed by atoms with Crippen molar-refractivity contribution in [1.82, 2.24) is 0 Å². The number of allylic oxidation sites excluding steroid dienone is 2. The Kier molecular flexibility index (Phi) is 3.00. The van der Waals surface area contributed by atoms with Gasteiger partial charge in [0.1, 0.15) is 12.6 Å². The summed E-state index contributed by atoms with van der Waals surface area (Å²) in [5.41, 5.74) is 0.729. The maximum Gasteiger partial charge on any atom is 0.146 e. The van der Waals surface area contributed by atoms with Gasteiger partial charge in [0.25, 0.3) is 0 Å². The molecule has 0 aromatic rings. The van der Waals surface area contributed by atoms with Crippen molar-refractivity contribution >= 4 is 12.6 Å². The minimum absolute atomic E-state index is 0.0183. The average Bonchev–Trinajstić information content (AvgIpc) is 2.27. The minimum Gasteiger partial charge on any atom is -0.303 e. The lowest BCUT2D eigenvalue weighted by Gasteiger charge is -2.50. The molecule has 0 saturated heterocycles. The molecule has 0 radical (unpaired) electrons. The van der Waals surface area contributed by atoms with Crippen molar-refractivity contribution in [1.29, 1.82) is 0 Å². The second kappa shape index (κ2) is 4.15. The summed E-state index contributed by atoms with van der Waals surface area (Å²) in [6.07, 6.45) is 8.35. The van der Waals surface area contributed by atoms with Crippen molar-refractivity contribution in [3.63, 3.8) is 0 Å². The predicted molar refractivity (Wildman–Crippen MR) is 62.9 cm³/mol. The van der Waals surface area contributed by atoms with Gasteiger partial charge < -0.3 is 4.79 Å². The number of aldehydes is 2. The largest absolute Gasteiger partial charge is 0.303 e. The summed E-state index contributed by atoms with van der Waals surface area (Å²) in [5.74, 6) is 1.07. The van der Waals surface area contributed by atoms with Gasteiger partial charge in [-0.3, -0.25) is 4.79 Å². The summed E-state index contributed by atoms with van der Waals surface area (Å²) in [4.78, 5) is 22.3. The smallest absolute Gasteiger partial charge is 0.146 e. The van der Waals surface area contributed by atoms with Gasteiger partial charge in [0, 0.05) is 5.92 Å². The maximum absolute atomic E-state index is 11.3. The zero-order valence-corrected chi connectivity index (χ0v) is 10.1. The molecule has 0 aliphatic heterocycles. The van der Waals surface area contributed by atoms with Crippen LogP contribution in [0.3, 0.4) is 0 Å². The first-order valence-corrected chi connectivity index (χ1v) is 6.24. The first-order chi connectivity index (χ1) is 7.63. The van der Waals surface area contributed by atoms with Crippen LogP contribution in [0.15, 0.2) is 11.6 Å². The molecule has 2 aliphatic rings. The fraction of sp³-hybridized carbons (Fsp3) is 0.714. The van der Waals surface area contributed by atoms with E-state index in [4.69, 9.17) is 0 Å². The highest BCUT2D eigenvalue weighted by Gasteiger charge is 2.48. The lowest BCUT2D eigenvalue weighted by molar-refractivity contribution is -0.119. The van der Waals surface area contributed by atoms with Crippen LogP contribution in [0.4, 0.5) is 0 Å². The van der Waals surface area contributed by atoms with Gasteiger partial charge in [-0.2, -0.15) is 0 Å². The molecular weight excluding hydrogens is 200 g/mol. The molecule has 0 bridgehead atoms. The highest BCUT2D eigenvalue weighted by atomic mass is 16.1. The molecule has 1 fully saturated rings. The van der Waals surface area contributed by atoms with Crippen LogP contribution in [0, 0.1) is 23.2 Å². The van der Waals surface area contributed by atoms with Crippen molar-refractivity contribution in [2.45, 2.75) is 39.5 Å². The summed E-state index contributed by atoms with van der Waals surface area (Å²) in [6, 6.07) is 0. The second-order valence-corrected chi connectivity index (χ2v) is 5.65. The van der Waals surface area contributed by atoms with Crippen LogP contribution in [-0.2, 0) is 9.59 Å². The molecule has 0 amide bonds. The van der Waals surface area contributed by atoms with Crippen LogP contribution >= 0.6 is 0 Å². The predicted octanol–water partition coefficient (Wildman–Crippen LogP) is 2.77. The van der Waals surface area contributed by atoms with Crippen molar-refractivity contribution in [3.05, 3.63) is 11.6 Å². The van der Waals surface area contributed by atoms with Crippen LogP contribution in [0.25, 0.3) is 0 Å². The van der Waals surface area contributed by atoms with Gasteiger partial charge in [-0.25, -0.2) is 0 Å². The van der Waals surface area contributed by atoms with Gasteiger partial charge in [0.2, 0.25) is 0 Å².